The van der Waals surface area contributed by atoms with Crippen LogP contribution in [0.2, 0.25) is 0 Å². The molecule has 0 radical (unpaired) electrons. The second-order valence-electron chi connectivity index (χ2n) is 6.43. The molecule has 3 aliphatic heterocycles. The summed E-state index contributed by atoms with van der Waals surface area (Å²) in [6.45, 7) is 6.55. The van der Waals surface area contributed by atoms with E-state index in [1.54, 1.807) is 0 Å². The summed E-state index contributed by atoms with van der Waals surface area (Å²) in [7, 11) is 0. The average Bonchev–Trinajstić information content (AvgIpc) is 3.26. The molecule has 2 fully saturated rings. The van der Waals surface area contributed by atoms with E-state index in [4.69, 9.17) is 9.47 Å². The zero-order valence-electron chi connectivity index (χ0n) is 13.4. The van der Waals surface area contributed by atoms with Crippen molar-refractivity contribution in [1.82, 2.24) is 14.7 Å². The van der Waals surface area contributed by atoms with Crippen LogP contribution in [0, 0.1) is 0 Å². The maximum Gasteiger partial charge on any atom is 0.320 e. The van der Waals surface area contributed by atoms with Crippen LogP contribution in [-0.2, 0) is 6.54 Å². The average molecular weight is 317 g/mol. The molecule has 0 bridgehead atoms. The Morgan fingerprint density at radius 2 is 1.61 bits per heavy atom. The number of carbonyl (C=O) groups excluding carboxylic acids is 1. The number of piperazine rings is 1. The number of fused-ring (bicyclic) bond motifs is 1. The number of carbonyl (C=O) groups is 1. The van der Waals surface area contributed by atoms with Crippen LogP contribution < -0.4 is 9.47 Å². The van der Waals surface area contributed by atoms with Crippen LogP contribution in [0.4, 0.5) is 4.79 Å². The quantitative estimate of drug-likeness (QED) is 0.834. The van der Waals surface area contributed by atoms with Crippen molar-refractivity contribution in [2.45, 2.75) is 19.4 Å². The first-order valence-electron chi connectivity index (χ1n) is 8.44. The van der Waals surface area contributed by atoms with E-state index in [2.05, 4.69) is 17.0 Å². The Bertz CT molecular complexity index is 578. The van der Waals surface area contributed by atoms with E-state index in [1.165, 1.54) is 5.56 Å². The Morgan fingerprint density at radius 3 is 2.39 bits per heavy atom. The number of hydrogen-bond donors (Lipinski definition) is 0. The van der Waals surface area contributed by atoms with Gasteiger partial charge in [-0.05, 0) is 30.5 Å². The monoisotopic (exact) mass is 317 g/mol. The first kappa shape index (κ1) is 14.6. The van der Waals surface area contributed by atoms with Gasteiger partial charge in [-0.25, -0.2) is 4.79 Å². The number of nitrogens with zero attached hydrogens (tertiary/aromatic N) is 3. The summed E-state index contributed by atoms with van der Waals surface area (Å²) in [6.07, 6.45) is 2.30. The fourth-order valence-electron chi connectivity index (χ4n) is 3.50. The Balaban J connectivity index is 1.30. The SMILES string of the molecule is O=C(N1CCCC1)N1CCN(Cc2ccc3c(c2)OCO3)CC1. The Labute approximate surface area is 136 Å². The van der Waals surface area contributed by atoms with E-state index >= 15 is 0 Å². The van der Waals surface area contributed by atoms with Crippen molar-refractivity contribution in [3.8, 4) is 11.5 Å². The van der Waals surface area contributed by atoms with Crippen molar-refractivity contribution in [2.24, 2.45) is 0 Å². The number of amides is 2. The molecule has 0 aromatic heterocycles. The van der Waals surface area contributed by atoms with Gasteiger partial charge >= 0.3 is 6.03 Å². The summed E-state index contributed by atoms with van der Waals surface area (Å²) in [5, 5.41) is 0. The van der Waals surface area contributed by atoms with Crippen molar-refractivity contribution in [1.29, 1.82) is 0 Å². The van der Waals surface area contributed by atoms with Gasteiger partial charge in [0.15, 0.2) is 11.5 Å². The van der Waals surface area contributed by atoms with Gasteiger partial charge in [-0.1, -0.05) is 6.07 Å². The normalized spacial score (nSPS) is 21.0. The highest BCUT2D eigenvalue weighted by Crippen LogP contribution is 2.32. The van der Waals surface area contributed by atoms with E-state index in [0.29, 0.717) is 6.79 Å². The molecule has 1 aromatic carbocycles. The van der Waals surface area contributed by atoms with Gasteiger partial charge < -0.3 is 19.3 Å². The number of ether oxygens (including phenoxy) is 2. The fourth-order valence-corrected chi connectivity index (χ4v) is 3.50. The zero-order valence-corrected chi connectivity index (χ0v) is 13.4. The van der Waals surface area contributed by atoms with Gasteiger partial charge in [0.25, 0.3) is 0 Å². The predicted molar refractivity (Wildman–Crippen MR) is 85.6 cm³/mol. The molecular weight excluding hydrogens is 294 g/mol. The van der Waals surface area contributed by atoms with Gasteiger partial charge in [-0.15, -0.1) is 0 Å². The Hall–Kier alpha value is -1.95. The van der Waals surface area contributed by atoms with Crippen LogP contribution >= 0.6 is 0 Å². The van der Waals surface area contributed by atoms with Crippen LogP contribution in [0.3, 0.4) is 0 Å². The molecule has 124 valence electrons. The molecule has 1 aromatic rings. The smallest absolute Gasteiger partial charge is 0.320 e. The molecule has 0 atom stereocenters. The summed E-state index contributed by atoms with van der Waals surface area (Å²) >= 11 is 0. The fraction of sp³-hybridized carbons (Fsp3) is 0.588. The highest BCUT2D eigenvalue weighted by molar-refractivity contribution is 5.74. The van der Waals surface area contributed by atoms with Crippen molar-refractivity contribution in [2.75, 3.05) is 46.1 Å². The van der Waals surface area contributed by atoms with Crippen molar-refractivity contribution in [3.05, 3.63) is 23.8 Å². The molecule has 3 heterocycles. The van der Waals surface area contributed by atoms with Crippen molar-refractivity contribution < 1.29 is 14.3 Å². The lowest BCUT2D eigenvalue weighted by molar-refractivity contribution is 0.115. The molecule has 0 spiro atoms. The molecule has 0 unspecified atom stereocenters. The molecule has 2 amide bonds. The van der Waals surface area contributed by atoms with Crippen molar-refractivity contribution in [3.63, 3.8) is 0 Å². The summed E-state index contributed by atoms with van der Waals surface area (Å²) in [6, 6.07) is 6.36. The van der Waals surface area contributed by atoms with E-state index in [0.717, 1.165) is 70.2 Å². The van der Waals surface area contributed by atoms with Crippen LogP contribution in [0.1, 0.15) is 18.4 Å². The summed E-state index contributed by atoms with van der Waals surface area (Å²) in [4.78, 5) is 18.8. The number of urea groups is 1. The third-order valence-corrected chi connectivity index (χ3v) is 4.86. The Morgan fingerprint density at radius 1 is 0.913 bits per heavy atom. The molecular formula is C17H23N3O3. The minimum Gasteiger partial charge on any atom is -0.454 e. The maximum absolute atomic E-state index is 12.4. The predicted octanol–water partition coefficient (Wildman–Crippen LogP) is 1.75. The number of benzene rings is 1. The van der Waals surface area contributed by atoms with Crippen LogP contribution in [-0.4, -0.2) is 66.8 Å². The lowest BCUT2D eigenvalue weighted by Crippen LogP contribution is -2.52. The van der Waals surface area contributed by atoms with Gasteiger partial charge in [-0.3, -0.25) is 4.90 Å². The standard InChI is InChI=1S/C17H23N3O3/c21-17(19-5-1-2-6-19)20-9-7-18(8-10-20)12-14-3-4-15-16(11-14)23-13-22-15/h3-4,11H,1-2,5-10,12-13H2. The van der Waals surface area contributed by atoms with Crippen LogP contribution in [0.5, 0.6) is 11.5 Å². The molecule has 0 N–H and O–H groups in total. The van der Waals surface area contributed by atoms with Gasteiger partial charge in [0.1, 0.15) is 0 Å². The van der Waals surface area contributed by atoms with E-state index in [-0.39, 0.29) is 6.03 Å². The highest BCUT2D eigenvalue weighted by atomic mass is 16.7. The maximum atomic E-state index is 12.4. The first-order chi connectivity index (χ1) is 11.3. The second kappa shape index (κ2) is 6.28. The molecule has 3 aliphatic rings. The van der Waals surface area contributed by atoms with Gasteiger partial charge in [0, 0.05) is 45.8 Å². The minimum absolute atomic E-state index is 0.227. The van der Waals surface area contributed by atoms with E-state index in [1.807, 2.05) is 15.9 Å². The highest BCUT2D eigenvalue weighted by Gasteiger charge is 2.27. The molecule has 23 heavy (non-hydrogen) atoms. The number of likely N-dealkylation sites (tertiary alicyclic amines) is 1. The zero-order chi connectivity index (χ0) is 15.6. The first-order valence-corrected chi connectivity index (χ1v) is 8.44. The number of rotatable bonds is 2. The van der Waals surface area contributed by atoms with Gasteiger partial charge in [0.05, 0.1) is 0 Å². The molecule has 6 nitrogen and oxygen atoms in total. The molecule has 0 saturated carbocycles. The second-order valence-corrected chi connectivity index (χ2v) is 6.43. The summed E-state index contributed by atoms with van der Waals surface area (Å²) in [5.41, 5.74) is 1.23. The molecule has 0 aliphatic carbocycles. The van der Waals surface area contributed by atoms with Crippen LogP contribution in [0.25, 0.3) is 0 Å². The van der Waals surface area contributed by atoms with Crippen LogP contribution in [0.15, 0.2) is 18.2 Å². The third kappa shape index (κ3) is 3.08. The lowest BCUT2D eigenvalue weighted by Gasteiger charge is -2.36. The lowest BCUT2D eigenvalue weighted by atomic mass is 10.1. The Kier molecular flexibility index (Phi) is 3.99. The topological polar surface area (TPSA) is 45.3 Å². The van der Waals surface area contributed by atoms with E-state index < -0.39 is 0 Å². The van der Waals surface area contributed by atoms with Gasteiger partial charge in [0.2, 0.25) is 6.79 Å². The minimum atomic E-state index is 0.227. The summed E-state index contributed by atoms with van der Waals surface area (Å²) < 4.78 is 10.8. The molecule has 4 rings (SSSR count). The molecule has 6 heteroatoms. The number of hydrogen-bond acceptors (Lipinski definition) is 4. The molecule has 2 saturated heterocycles. The van der Waals surface area contributed by atoms with Crippen molar-refractivity contribution >= 4 is 6.03 Å². The summed E-state index contributed by atoms with van der Waals surface area (Å²) in [5.74, 6) is 1.67. The largest absolute Gasteiger partial charge is 0.454 e. The van der Waals surface area contributed by atoms with Gasteiger partial charge in [-0.2, -0.15) is 0 Å². The third-order valence-electron chi connectivity index (χ3n) is 4.86. The van der Waals surface area contributed by atoms with E-state index in [9.17, 15) is 4.79 Å².